The SMILES string of the molecule is O=C(O)c1cn(CCCOCC(F)(F)F)ccc1=O. The molecule has 1 aromatic rings. The van der Waals surface area contributed by atoms with Gasteiger partial charge >= 0.3 is 12.1 Å². The molecule has 106 valence electrons. The molecule has 0 saturated heterocycles. The Morgan fingerprint density at radius 2 is 2.11 bits per heavy atom. The number of carboxylic acid groups (broad SMARTS) is 1. The van der Waals surface area contributed by atoms with E-state index in [-0.39, 0.29) is 25.1 Å². The van der Waals surface area contributed by atoms with Crippen LogP contribution in [0.3, 0.4) is 0 Å². The standard InChI is InChI=1S/C11H12F3NO4/c12-11(13,14)7-19-5-1-3-15-4-2-9(16)8(6-15)10(17)18/h2,4,6H,1,3,5,7H2,(H,17,18). The first-order chi connectivity index (χ1) is 8.79. The third kappa shape index (κ3) is 5.56. The number of pyridine rings is 1. The summed E-state index contributed by atoms with van der Waals surface area (Å²) in [6.07, 6.45) is -1.56. The molecule has 0 saturated carbocycles. The lowest BCUT2D eigenvalue weighted by atomic mass is 10.2. The molecule has 1 rings (SSSR count). The Labute approximate surface area is 106 Å². The topological polar surface area (TPSA) is 68.5 Å². The predicted octanol–water partition coefficient (Wildman–Crippen LogP) is 1.52. The van der Waals surface area contributed by atoms with Gasteiger partial charge in [0.2, 0.25) is 0 Å². The number of carboxylic acids is 1. The van der Waals surface area contributed by atoms with Crippen molar-refractivity contribution >= 4 is 5.97 Å². The zero-order chi connectivity index (χ0) is 14.5. The summed E-state index contributed by atoms with van der Waals surface area (Å²) in [7, 11) is 0. The fourth-order valence-electron chi connectivity index (χ4n) is 1.36. The number of alkyl halides is 3. The van der Waals surface area contributed by atoms with Gasteiger partial charge in [0.1, 0.15) is 12.2 Å². The maximum Gasteiger partial charge on any atom is 0.411 e. The Hall–Kier alpha value is -1.83. The summed E-state index contributed by atoms with van der Waals surface area (Å²) < 4.78 is 41.1. The fraction of sp³-hybridized carbons (Fsp3) is 0.455. The molecule has 0 radical (unpaired) electrons. The molecule has 0 atom stereocenters. The van der Waals surface area contributed by atoms with Crippen LogP contribution in [0.1, 0.15) is 16.8 Å². The van der Waals surface area contributed by atoms with E-state index in [4.69, 9.17) is 5.11 Å². The van der Waals surface area contributed by atoms with E-state index >= 15 is 0 Å². The quantitative estimate of drug-likeness (QED) is 0.801. The van der Waals surface area contributed by atoms with Crippen molar-refractivity contribution in [3.63, 3.8) is 0 Å². The second-order valence-corrected chi connectivity index (χ2v) is 3.79. The fourth-order valence-corrected chi connectivity index (χ4v) is 1.36. The number of aromatic carboxylic acids is 1. The van der Waals surface area contributed by atoms with Crippen molar-refractivity contribution in [1.82, 2.24) is 4.57 Å². The van der Waals surface area contributed by atoms with Crippen LogP contribution < -0.4 is 5.43 Å². The van der Waals surface area contributed by atoms with Gasteiger partial charge in [-0.1, -0.05) is 0 Å². The molecule has 0 unspecified atom stereocenters. The molecule has 0 aromatic carbocycles. The zero-order valence-electron chi connectivity index (χ0n) is 9.81. The monoisotopic (exact) mass is 279 g/mol. The van der Waals surface area contributed by atoms with Crippen molar-refractivity contribution in [2.45, 2.75) is 19.1 Å². The molecule has 0 bridgehead atoms. The highest BCUT2D eigenvalue weighted by Gasteiger charge is 2.27. The molecular formula is C11H12F3NO4. The smallest absolute Gasteiger partial charge is 0.411 e. The van der Waals surface area contributed by atoms with Gasteiger partial charge in [-0.15, -0.1) is 0 Å². The summed E-state index contributed by atoms with van der Waals surface area (Å²) >= 11 is 0. The summed E-state index contributed by atoms with van der Waals surface area (Å²) in [4.78, 5) is 21.9. The average molecular weight is 279 g/mol. The maximum atomic E-state index is 11.8. The molecule has 0 amide bonds. The molecular weight excluding hydrogens is 267 g/mol. The Morgan fingerprint density at radius 3 is 2.68 bits per heavy atom. The number of ether oxygens (including phenoxy) is 1. The highest BCUT2D eigenvalue weighted by atomic mass is 19.4. The first-order valence-electron chi connectivity index (χ1n) is 5.37. The second kappa shape index (κ2) is 6.37. The molecule has 1 heterocycles. The molecule has 1 aromatic heterocycles. The van der Waals surface area contributed by atoms with Crippen LogP contribution in [0.2, 0.25) is 0 Å². The molecule has 0 spiro atoms. The summed E-state index contributed by atoms with van der Waals surface area (Å²) in [6.45, 7) is -1.15. The van der Waals surface area contributed by atoms with Gasteiger partial charge in [0.05, 0.1) is 0 Å². The van der Waals surface area contributed by atoms with E-state index in [0.29, 0.717) is 0 Å². The lowest BCUT2D eigenvalue weighted by Crippen LogP contribution is -2.19. The lowest BCUT2D eigenvalue weighted by Gasteiger charge is -2.09. The Kier molecular flexibility index (Phi) is 5.11. The Balaban J connectivity index is 2.44. The lowest BCUT2D eigenvalue weighted by molar-refractivity contribution is -0.174. The number of carbonyl (C=O) groups is 1. The number of aromatic nitrogens is 1. The minimum Gasteiger partial charge on any atom is -0.477 e. The highest BCUT2D eigenvalue weighted by molar-refractivity contribution is 5.86. The number of aryl methyl sites for hydroxylation is 1. The summed E-state index contributed by atoms with van der Waals surface area (Å²) in [5.74, 6) is -1.34. The average Bonchev–Trinajstić information content (AvgIpc) is 2.29. The van der Waals surface area contributed by atoms with Crippen molar-refractivity contribution < 1.29 is 27.8 Å². The minimum absolute atomic E-state index is 0.103. The number of hydrogen-bond acceptors (Lipinski definition) is 3. The van der Waals surface area contributed by atoms with Crippen molar-refractivity contribution in [2.24, 2.45) is 0 Å². The third-order valence-electron chi connectivity index (χ3n) is 2.18. The van der Waals surface area contributed by atoms with Gasteiger partial charge in [-0.25, -0.2) is 4.79 Å². The molecule has 5 nitrogen and oxygen atoms in total. The molecule has 1 N–H and O–H groups in total. The Bertz CT molecular complexity index is 495. The van der Waals surface area contributed by atoms with Gasteiger partial charge in [0, 0.05) is 31.6 Å². The van der Waals surface area contributed by atoms with Crippen LogP contribution in [0.5, 0.6) is 0 Å². The number of hydrogen-bond donors (Lipinski definition) is 1. The molecule has 0 aliphatic heterocycles. The van der Waals surface area contributed by atoms with Crippen molar-refractivity contribution in [3.8, 4) is 0 Å². The van der Waals surface area contributed by atoms with Gasteiger partial charge in [-0.3, -0.25) is 4.79 Å². The highest BCUT2D eigenvalue weighted by Crippen LogP contribution is 2.14. The van der Waals surface area contributed by atoms with Crippen LogP contribution in [-0.4, -0.2) is 35.0 Å². The van der Waals surface area contributed by atoms with Crippen LogP contribution >= 0.6 is 0 Å². The van der Waals surface area contributed by atoms with Crippen LogP contribution in [-0.2, 0) is 11.3 Å². The summed E-state index contributed by atoms with van der Waals surface area (Å²) in [6, 6.07) is 1.10. The van der Waals surface area contributed by atoms with E-state index in [2.05, 4.69) is 4.74 Å². The second-order valence-electron chi connectivity index (χ2n) is 3.79. The van der Waals surface area contributed by atoms with Crippen molar-refractivity contribution in [2.75, 3.05) is 13.2 Å². The number of halogens is 3. The summed E-state index contributed by atoms with van der Waals surface area (Å²) in [5.41, 5.74) is -0.990. The zero-order valence-corrected chi connectivity index (χ0v) is 9.81. The Morgan fingerprint density at radius 1 is 1.42 bits per heavy atom. The van der Waals surface area contributed by atoms with Gasteiger partial charge in [-0.2, -0.15) is 13.2 Å². The van der Waals surface area contributed by atoms with Crippen molar-refractivity contribution in [3.05, 3.63) is 34.2 Å². The molecule has 19 heavy (non-hydrogen) atoms. The van der Waals surface area contributed by atoms with Gasteiger partial charge in [0.15, 0.2) is 5.43 Å². The van der Waals surface area contributed by atoms with E-state index < -0.39 is 24.2 Å². The molecule has 0 aliphatic carbocycles. The van der Waals surface area contributed by atoms with Gasteiger partial charge in [0.25, 0.3) is 0 Å². The van der Waals surface area contributed by atoms with Crippen molar-refractivity contribution in [1.29, 1.82) is 0 Å². The van der Waals surface area contributed by atoms with Gasteiger partial charge in [-0.05, 0) is 6.42 Å². The molecule has 0 aliphatic rings. The van der Waals surface area contributed by atoms with Crippen LogP contribution in [0.15, 0.2) is 23.3 Å². The maximum absolute atomic E-state index is 11.8. The van der Waals surface area contributed by atoms with Crippen LogP contribution in [0.4, 0.5) is 13.2 Å². The third-order valence-corrected chi connectivity index (χ3v) is 2.18. The first-order valence-corrected chi connectivity index (χ1v) is 5.37. The van der Waals surface area contributed by atoms with E-state index in [1.54, 1.807) is 0 Å². The normalized spacial score (nSPS) is 11.5. The first kappa shape index (κ1) is 15.2. The van der Waals surface area contributed by atoms with Gasteiger partial charge < -0.3 is 14.4 Å². The minimum atomic E-state index is -4.35. The van der Waals surface area contributed by atoms with E-state index in [1.165, 1.54) is 10.8 Å². The predicted molar refractivity (Wildman–Crippen MR) is 59.2 cm³/mol. The van der Waals surface area contributed by atoms with Crippen LogP contribution in [0.25, 0.3) is 0 Å². The molecule has 0 fully saturated rings. The number of rotatable bonds is 6. The molecule has 8 heteroatoms. The van der Waals surface area contributed by atoms with Crippen LogP contribution in [0, 0.1) is 0 Å². The van der Waals surface area contributed by atoms with E-state index in [1.807, 2.05) is 0 Å². The van der Waals surface area contributed by atoms with E-state index in [0.717, 1.165) is 12.3 Å². The van der Waals surface area contributed by atoms with E-state index in [9.17, 15) is 22.8 Å². The largest absolute Gasteiger partial charge is 0.477 e. The number of nitrogens with zero attached hydrogens (tertiary/aromatic N) is 1. The summed E-state index contributed by atoms with van der Waals surface area (Å²) in [5, 5.41) is 8.73.